The van der Waals surface area contributed by atoms with Crippen molar-refractivity contribution in [2.45, 2.75) is 182 Å². The number of aliphatic hydroxyl groups excluding tert-OH is 1. The summed E-state index contributed by atoms with van der Waals surface area (Å²) in [6.45, 7) is 30.7. The van der Waals surface area contributed by atoms with Crippen LogP contribution in [0.15, 0.2) is 93.9 Å². The number of carbonyl (C=O) groups excluding carboxylic acids is 1. The molecule has 2 heterocycles. The minimum Gasteiger partial charge on any atom is -0.490 e. The first-order valence-corrected chi connectivity index (χ1v) is 34.7. The summed E-state index contributed by atoms with van der Waals surface area (Å²) in [4.78, 5) is 13.6. The van der Waals surface area contributed by atoms with E-state index in [0.29, 0.717) is 84.0 Å². The maximum Gasteiger partial charge on any atom is 0.495 e. The predicted octanol–water partition coefficient (Wildman–Crippen LogP) is 14.2. The van der Waals surface area contributed by atoms with E-state index < -0.39 is 11.4 Å². The summed E-state index contributed by atoms with van der Waals surface area (Å²) in [7, 11) is 0.936. The second-order valence-corrected chi connectivity index (χ2v) is 27.6. The Balaban J connectivity index is 0.000000282. The van der Waals surface area contributed by atoms with Gasteiger partial charge in [0.25, 0.3) is 0 Å². The van der Waals surface area contributed by atoms with Crippen molar-refractivity contribution in [1.82, 2.24) is 0 Å². The topological polar surface area (TPSA) is 148 Å². The van der Waals surface area contributed by atoms with E-state index in [1.165, 1.54) is 73.4 Å². The van der Waals surface area contributed by atoms with Gasteiger partial charge in [-0.2, -0.15) is 0 Å². The number of aliphatic hydroxyl groups is 1. The molecule has 0 bridgehead atoms. The van der Waals surface area contributed by atoms with E-state index in [1.807, 2.05) is 18.2 Å². The van der Waals surface area contributed by atoms with Gasteiger partial charge in [-0.1, -0.05) is 133 Å². The number of unbranched alkanes of at least 4 members (excludes halogenated alkanes) is 6. The van der Waals surface area contributed by atoms with Gasteiger partial charge in [0.1, 0.15) is 17.9 Å². The molecule has 5 aromatic rings. The molecular formula is C73H102B2Br2O14. The van der Waals surface area contributed by atoms with Crippen molar-refractivity contribution in [3.63, 3.8) is 0 Å². The van der Waals surface area contributed by atoms with Crippen molar-refractivity contribution in [1.29, 1.82) is 0 Å². The van der Waals surface area contributed by atoms with Gasteiger partial charge in [-0.3, -0.25) is 0 Å². The summed E-state index contributed by atoms with van der Waals surface area (Å²) < 4.78 is 72.9. The molecule has 0 amide bonds. The zero-order valence-corrected chi connectivity index (χ0v) is 59.9. The lowest BCUT2D eigenvalue weighted by molar-refractivity contribution is 0.00444. The Morgan fingerprint density at radius 3 is 1.42 bits per heavy atom. The molecule has 0 spiro atoms. The second kappa shape index (κ2) is 35.1. The number of methoxy groups -OCH3 is 1. The van der Waals surface area contributed by atoms with E-state index in [2.05, 4.69) is 175 Å². The fourth-order valence-electron chi connectivity index (χ4n) is 11.8. The number of carbonyl (C=O) groups is 1. The average molecular weight is 1390 g/mol. The average Bonchev–Trinajstić information content (AvgIpc) is 1.57. The fraction of sp³-hybridized carbons (Fsp3) is 0.575. The van der Waals surface area contributed by atoms with E-state index in [0.717, 1.165) is 66.3 Å². The van der Waals surface area contributed by atoms with Crippen LogP contribution in [0.4, 0.5) is 0 Å². The van der Waals surface area contributed by atoms with Crippen LogP contribution in [0.1, 0.15) is 182 Å². The highest BCUT2D eigenvalue weighted by Crippen LogP contribution is 2.58. The molecule has 3 aliphatic rings. The minimum atomic E-state index is -0.806. The van der Waals surface area contributed by atoms with Gasteiger partial charge in [0, 0.05) is 16.1 Å². The highest BCUT2D eigenvalue weighted by Gasteiger charge is 2.55. The predicted molar refractivity (Wildman–Crippen MR) is 371 cm³/mol. The molecular weight excluding hydrogens is 1280 g/mol. The van der Waals surface area contributed by atoms with Gasteiger partial charge in [0.15, 0.2) is 0 Å². The Labute approximate surface area is 561 Å². The monoisotopic (exact) mass is 1380 g/mol. The summed E-state index contributed by atoms with van der Waals surface area (Å²) in [6, 6.07) is 29.8. The first-order valence-electron chi connectivity index (χ1n) is 33.1. The van der Waals surface area contributed by atoms with Crippen LogP contribution in [0.2, 0.25) is 0 Å². The van der Waals surface area contributed by atoms with Gasteiger partial charge >= 0.3 is 20.2 Å². The van der Waals surface area contributed by atoms with Crippen LogP contribution in [0.3, 0.4) is 0 Å². The van der Waals surface area contributed by atoms with Crippen LogP contribution in [-0.4, -0.2) is 141 Å². The molecule has 0 atom stereocenters. The minimum absolute atomic E-state index is 0.00337. The van der Waals surface area contributed by atoms with Crippen LogP contribution < -0.4 is 15.7 Å². The Morgan fingerprint density at radius 1 is 0.505 bits per heavy atom. The highest BCUT2D eigenvalue weighted by molar-refractivity contribution is 9.10. The van der Waals surface area contributed by atoms with Crippen LogP contribution >= 0.6 is 31.9 Å². The number of fused-ring (bicyclic) bond motifs is 3. The summed E-state index contributed by atoms with van der Waals surface area (Å²) >= 11 is 7.54. The third kappa shape index (κ3) is 18.9. The van der Waals surface area contributed by atoms with E-state index in [4.69, 9.17) is 61.6 Å². The highest BCUT2D eigenvalue weighted by atomic mass is 79.9. The molecule has 2 saturated heterocycles. The van der Waals surface area contributed by atoms with E-state index >= 15 is 0 Å². The lowest BCUT2D eigenvalue weighted by Crippen LogP contribution is -2.43. The lowest BCUT2D eigenvalue weighted by Gasteiger charge is -2.35. The van der Waals surface area contributed by atoms with Crippen LogP contribution in [0.25, 0.3) is 11.1 Å². The van der Waals surface area contributed by atoms with Gasteiger partial charge in [-0.15, -0.1) is 0 Å². The van der Waals surface area contributed by atoms with E-state index in [9.17, 15) is 4.79 Å². The number of benzene rings is 5. The lowest BCUT2D eigenvalue weighted by atomic mass is 9.67. The zero-order chi connectivity index (χ0) is 65.8. The Bertz CT molecular complexity index is 2960. The standard InChI is InChI=1S/C43H50Br2O10.C30H52B2O4/c1-4-54-42(47)38-26-33(7-12-41(38)55-24-23-52-20-19-50-16-15-48-3)43(39-27-34(44)8-10-36(39)37-11-9-35(45)28-40(37)43)32-6-5-31(30(2)25-32)29-53-22-21-51-18-17-49-14-13-46;1-11-13-15-17-19-23-21-26(32-35-29(7,8)30(9,10)36-32)24(20-18-16-14-12-2)22-25(23)31-33-27(3,4)28(5,6)34-31/h5-12,25-28,46H,4,13-24,29H2,1-3H3;21-22H,11-20H2,1-10H3. The summed E-state index contributed by atoms with van der Waals surface area (Å²) in [6.07, 6.45) is 11.9. The summed E-state index contributed by atoms with van der Waals surface area (Å²) in [5.74, 6) is -0.0428. The van der Waals surface area contributed by atoms with Crippen molar-refractivity contribution in [3.05, 3.63) is 144 Å². The van der Waals surface area contributed by atoms with Crippen molar-refractivity contribution >= 4 is 63.0 Å². The van der Waals surface area contributed by atoms with Gasteiger partial charge < -0.3 is 61.6 Å². The molecule has 498 valence electrons. The molecule has 1 aliphatic carbocycles. The molecule has 8 rings (SSSR count). The largest absolute Gasteiger partial charge is 0.495 e. The molecule has 0 aromatic heterocycles. The van der Waals surface area contributed by atoms with Gasteiger partial charge in [-0.25, -0.2) is 4.79 Å². The van der Waals surface area contributed by atoms with Gasteiger partial charge in [0.05, 0.1) is 114 Å². The number of hydrogen-bond donors (Lipinski definition) is 1. The SMILES string of the molecule is CCCCCCc1cc(B2OC(C)(C)C(C)(C)O2)c(CCCCCC)cc1B1OC(C)(C)C(C)(C)O1.CCOC(=O)c1cc(C2(c3ccc(COCCOCCOCCO)c(C)c3)c3cc(Br)ccc3-c3ccc(Br)cc32)ccc1OCCOCCOCCOC. The number of rotatable bonds is 36. The molecule has 0 radical (unpaired) electrons. The third-order valence-corrected chi connectivity index (χ3v) is 19.3. The van der Waals surface area contributed by atoms with Crippen molar-refractivity contribution in [3.8, 4) is 16.9 Å². The Morgan fingerprint density at radius 2 is 0.956 bits per heavy atom. The first kappa shape index (κ1) is 74.4. The Hall–Kier alpha value is -3.98. The fourth-order valence-corrected chi connectivity index (χ4v) is 12.5. The van der Waals surface area contributed by atoms with Crippen molar-refractivity contribution in [2.75, 3.05) is 93.0 Å². The van der Waals surface area contributed by atoms with Crippen LogP contribution in [0.5, 0.6) is 5.75 Å². The molecule has 14 nitrogen and oxygen atoms in total. The molecule has 5 aromatic carbocycles. The molecule has 2 fully saturated rings. The normalized spacial score (nSPS) is 16.4. The maximum atomic E-state index is 13.6. The third-order valence-electron chi connectivity index (χ3n) is 18.3. The molecule has 2 aliphatic heterocycles. The van der Waals surface area contributed by atoms with Gasteiger partial charge in [0.2, 0.25) is 0 Å². The van der Waals surface area contributed by atoms with Crippen LogP contribution in [-0.2, 0) is 76.6 Å². The first-order chi connectivity index (χ1) is 43.6. The summed E-state index contributed by atoms with van der Waals surface area (Å²) in [5.41, 5.74) is 11.6. The van der Waals surface area contributed by atoms with E-state index in [-0.39, 0.29) is 56.5 Å². The molecule has 0 unspecified atom stereocenters. The maximum absolute atomic E-state index is 13.6. The van der Waals surface area contributed by atoms with Gasteiger partial charge in [-0.05, 0) is 198 Å². The van der Waals surface area contributed by atoms with Crippen molar-refractivity contribution < 1.29 is 66.4 Å². The smallest absolute Gasteiger partial charge is 0.490 e. The number of ether oxygens (including phenoxy) is 8. The van der Waals surface area contributed by atoms with Crippen LogP contribution in [0, 0.1) is 6.92 Å². The second-order valence-electron chi connectivity index (χ2n) is 25.8. The Kier molecular flexibility index (Phi) is 28.7. The summed E-state index contributed by atoms with van der Waals surface area (Å²) in [5, 5.41) is 8.84. The number of aryl methyl sites for hydroxylation is 3. The van der Waals surface area contributed by atoms with E-state index in [1.54, 1.807) is 14.0 Å². The number of hydrogen-bond acceptors (Lipinski definition) is 14. The zero-order valence-electron chi connectivity index (χ0n) is 56.7. The molecule has 18 heteroatoms. The molecule has 91 heavy (non-hydrogen) atoms. The number of halogens is 2. The number of esters is 1. The molecule has 1 N–H and O–H groups in total. The quantitative estimate of drug-likeness (QED) is 0.0226. The molecule has 0 saturated carbocycles. The van der Waals surface area contributed by atoms with Crippen molar-refractivity contribution in [2.24, 2.45) is 0 Å².